The van der Waals surface area contributed by atoms with Gasteiger partial charge < -0.3 is 19.8 Å². The Kier molecular flexibility index (Phi) is 5.39. The van der Waals surface area contributed by atoms with Gasteiger partial charge in [-0.1, -0.05) is 29.8 Å². The fourth-order valence-corrected chi connectivity index (χ4v) is 3.47. The van der Waals surface area contributed by atoms with E-state index in [1.54, 1.807) is 38.7 Å². The first-order valence-electron chi connectivity index (χ1n) is 9.61. The number of fused-ring (bicyclic) bond motifs is 1. The Morgan fingerprint density at radius 1 is 0.967 bits per heavy atom. The summed E-state index contributed by atoms with van der Waals surface area (Å²) in [6.07, 6.45) is 3.45. The number of benzene rings is 2. The Balaban J connectivity index is 1.69. The molecule has 2 N–H and O–H groups in total. The van der Waals surface area contributed by atoms with Crippen LogP contribution in [-0.4, -0.2) is 30.1 Å². The van der Waals surface area contributed by atoms with Gasteiger partial charge in [0.15, 0.2) is 0 Å². The summed E-state index contributed by atoms with van der Waals surface area (Å²) in [4.78, 5) is 20.4. The predicted octanol–water partition coefficient (Wildman–Crippen LogP) is 4.41. The number of nitrogens with zero attached hydrogens (tertiary/aromatic N) is 1. The summed E-state index contributed by atoms with van der Waals surface area (Å²) in [6, 6.07) is 17.1. The molecule has 2 aromatic carbocycles. The zero-order valence-corrected chi connectivity index (χ0v) is 17.1. The first-order chi connectivity index (χ1) is 14.6. The van der Waals surface area contributed by atoms with Gasteiger partial charge >= 0.3 is 0 Å². The minimum absolute atomic E-state index is 0.213. The lowest BCUT2D eigenvalue weighted by Crippen LogP contribution is -2.29. The van der Waals surface area contributed by atoms with Crippen molar-refractivity contribution in [3.05, 3.63) is 89.4 Å². The topological polar surface area (TPSA) is 76.2 Å². The van der Waals surface area contributed by atoms with Gasteiger partial charge in [0.05, 0.1) is 25.8 Å². The lowest BCUT2D eigenvalue weighted by atomic mass is 9.98. The second kappa shape index (κ2) is 8.29. The number of carbonyl (C=O) groups is 1. The van der Waals surface area contributed by atoms with Crippen LogP contribution in [0.1, 0.15) is 33.2 Å². The summed E-state index contributed by atoms with van der Waals surface area (Å²) in [5.41, 5.74) is 4.33. The van der Waals surface area contributed by atoms with Crippen LogP contribution in [0.3, 0.4) is 0 Å². The molecule has 0 unspecified atom stereocenters. The number of aromatic nitrogens is 2. The van der Waals surface area contributed by atoms with Crippen molar-refractivity contribution in [2.75, 3.05) is 14.2 Å². The molecule has 152 valence electrons. The highest BCUT2D eigenvalue weighted by Crippen LogP contribution is 2.32. The minimum atomic E-state index is -0.302. The molecule has 0 spiro atoms. The van der Waals surface area contributed by atoms with E-state index >= 15 is 0 Å². The summed E-state index contributed by atoms with van der Waals surface area (Å²) < 4.78 is 10.8. The Labute approximate surface area is 174 Å². The normalized spacial score (nSPS) is 11.8. The Hall–Kier alpha value is -3.80. The molecule has 6 heteroatoms. The van der Waals surface area contributed by atoms with Crippen LogP contribution in [0.5, 0.6) is 11.5 Å². The first kappa shape index (κ1) is 19.5. The third-order valence-electron chi connectivity index (χ3n) is 5.10. The molecule has 0 bridgehead atoms. The van der Waals surface area contributed by atoms with Gasteiger partial charge in [-0.05, 0) is 36.2 Å². The highest BCUT2D eigenvalue weighted by molar-refractivity contribution is 6.00. The van der Waals surface area contributed by atoms with Crippen molar-refractivity contribution < 1.29 is 14.3 Å². The van der Waals surface area contributed by atoms with E-state index in [4.69, 9.17) is 9.47 Å². The summed E-state index contributed by atoms with van der Waals surface area (Å²) in [7, 11) is 3.19. The van der Waals surface area contributed by atoms with Crippen molar-refractivity contribution in [2.45, 2.75) is 13.0 Å². The van der Waals surface area contributed by atoms with Gasteiger partial charge in [-0.3, -0.25) is 9.78 Å². The Morgan fingerprint density at radius 2 is 1.67 bits per heavy atom. The molecule has 30 heavy (non-hydrogen) atoms. The number of amides is 1. The summed E-state index contributed by atoms with van der Waals surface area (Å²) in [5.74, 6) is 1.08. The highest BCUT2D eigenvalue weighted by Gasteiger charge is 2.20. The van der Waals surface area contributed by atoms with Gasteiger partial charge in [-0.25, -0.2) is 0 Å². The minimum Gasteiger partial charge on any atom is -0.497 e. The van der Waals surface area contributed by atoms with Crippen LogP contribution in [0.25, 0.3) is 10.9 Å². The second-order valence-corrected chi connectivity index (χ2v) is 7.07. The number of aryl methyl sites for hydroxylation is 1. The van der Waals surface area contributed by atoms with Gasteiger partial charge in [0.1, 0.15) is 17.2 Å². The average molecular weight is 401 g/mol. The summed E-state index contributed by atoms with van der Waals surface area (Å²) in [6.45, 7) is 2.04. The number of pyridine rings is 1. The molecule has 0 saturated carbocycles. The van der Waals surface area contributed by atoms with Crippen LogP contribution < -0.4 is 14.8 Å². The van der Waals surface area contributed by atoms with E-state index in [1.165, 1.54) is 0 Å². The standard InChI is InChI=1S/C24H23N3O3/c1-15-4-6-16(7-5-15)23(17-8-10-25-11-9-17)27-24(28)21-14-19-20(26-21)12-18(29-2)13-22(19)30-3/h4-14,23,26H,1-3H3,(H,27,28)/t23-/m0/s1. The Morgan fingerprint density at radius 3 is 2.33 bits per heavy atom. The molecule has 1 atom stereocenters. The van der Waals surface area contributed by atoms with Crippen LogP contribution in [0.15, 0.2) is 67.0 Å². The molecule has 0 aliphatic rings. The molecule has 2 aromatic heterocycles. The van der Waals surface area contributed by atoms with Crippen LogP contribution in [0.2, 0.25) is 0 Å². The van der Waals surface area contributed by atoms with Crippen molar-refractivity contribution in [3.8, 4) is 11.5 Å². The van der Waals surface area contributed by atoms with E-state index in [0.29, 0.717) is 17.2 Å². The van der Waals surface area contributed by atoms with Crippen LogP contribution in [0, 0.1) is 6.92 Å². The highest BCUT2D eigenvalue weighted by atomic mass is 16.5. The Bertz CT molecular complexity index is 1170. The van der Waals surface area contributed by atoms with Crippen molar-refractivity contribution >= 4 is 16.8 Å². The maximum absolute atomic E-state index is 13.2. The monoisotopic (exact) mass is 401 g/mol. The fraction of sp³-hybridized carbons (Fsp3) is 0.167. The first-order valence-corrected chi connectivity index (χ1v) is 9.61. The molecular formula is C24H23N3O3. The lowest BCUT2D eigenvalue weighted by molar-refractivity contribution is 0.0938. The predicted molar refractivity (Wildman–Crippen MR) is 116 cm³/mol. The van der Waals surface area contributed by atoms with Gasteiger partial charge in [0.2, 0.25) is 0 Å². The zero-order chi connectivity index (χ0) is 21.1. The molecule has 2 heterocycles. The smallest absolute Gasteiger partial charge is 0.268 e. The number of nitrogens with one attached hydrogen (secondary N) is 2. The lowest BCUT2D eigenvalue weighted by Gasteiger charge is -2.19. The average Bonchev–Trinajstić information content (AvgIpc) is 3.22. The maximum atomic E-state index is 13.2. The zero-order valence-electron chi connectivity index (χ0n) is 17.1. The fourth-order valence-electron chi connectivity index (χ4n) is 3.47. The van der Waals surface area contributed by atoms with E-state index in [1.807, 2.05) is 49.4 Å². The molecule has 0 saturated heterocycles. The summed E-state index contributed by atoms with van der Waals surface area (Å²) in [5, 5.41) is 3.96. The van der Waals surface area contributed by atoms with Crippen molar-refractivity contribution in [2.24, 2.45) is 0 Å². The number of methoxy groups -OCH3 is 2. The number of aromatic amines is 1. The van der Waals surface area contributed by atoms with Crippen LogP contribution in [0.4, 0.5) is 0 Å². The number of ether oxygens (including phenoxy) is 2. The van der Waals surface area contributed by atoms with Crippen LogP contribution in [-0.2, 0) is 0 Å². The molecule has 0 aliphatic heterocycles. The second-order valence-electron chi connectivity index (χ2n) is 7.07. The molecule has 0 aliphatic carbocycles. The van der Waals surface area contributed by atoms with Gasteiger partial charge in [0, 0.05) is 29.9 Å². The van der Waals surface area contributed by atoms with E-state index in [9.17, 15) is 4.79 Å². The number of rotatable bonds is 6. The third kappa shape index (κ3) is 3.85. The van der Waals surface area contributed by atoms with Crippen molar-refractivity contribution in [1.29, 1.82) is 0 Å². The maximum Gasteiger partial charge on any atom is 0.268 e. The molecule has 4 aromatic rings. The molecule has 6 nitrogen and oxygen atoms in total. The van der Waals surface area contributed by atoms with Crippen LogP contribution >= 0.6 is 0 Å². The molecule has 4 rings (SSSR count). The molecular weight excluding hydrogens is 378 g/mol. The SMILES string of the molecule is COc1cc(OC)c2cc(C(=O)N[C@H](c3ccncc3)c3ccc(C)cc3)[nH]c2c1. The number of hydrogen-bond donors (Lipinski definition) is 2. The number of carbonyl (C=O) groups excluding carboxylic acids is 1. The van der Waals surface area contributed by atoms with E-state index in [2.05, 4.69) is 15.3 Å². The molecule has 0 radical (unpaired) electrons. The van der Waals surface area contributed by atoms with Crippen molar-refractivity contribution in [3.63, 3.8) is 0 Å². The van der Waals surface area contributed by atoms with Crippen molar-refractivity contribution in [1.82, 2.24) is 15.3 Å². The van der Waals surface area contributed by atoms with E-state index in [-0.39, 0.29) is 11.9 Å². The van der Waals surface area contributed by atoms with Gasteiger partial charge in [-0.15, -0.1) is 0 Å². The molecule has 0 fully saturated rings. The van der Waals surface area contributed by atoms with Gasteiger partial charge in [0.25, 0.3) is 5.91 Å². The quantitative estimate of drug-likeness (QED) is 0.502. The molecule has 1 amide bonds. The van der Waals surface area contributed by atoms with Gasteiger partial charge in [-0.2, -0.15) is 0 Å². The third-order valence-corrected chi connectivity index (χ3v) is 5.10. The summed E-state index contributed by atoms with van der Waals surface area (Å²) >= 11 is 0. The number of H-pyrrole nitrogens is 1. The van der Waals surface area contributed by atoms with E-state index < -0.39 is 0 Å². The largest absolute Gasteiger partial charge is 0.497 e. The van der Waals surface area contributed by atoms with E-state index in [0.717, 1.165) is 27.6 Å². The number of hydrogen-bond acceptors (Lipinski definition) is 4.